The molecule has 3 rings (SSSR count). The van der Waals surface area contributed by atoms with Crippen LogP contribution >= 0.6 is 0 Å². The molecular formula is C24H22FN3O4. The highest BCUT2D eigenvalue weighted by molar-refractivity contribution is 6.39. The molecule has 0 saturated heterocycles. The number of nitrogens with zero attached hydrogens (tertiary/aromatic N) is 1. The van der Waals surface area contributed by atoms with Crippen molar-refractivity contribution in [3.63, 3.8) is 0 Å². The number of hydrogen-bond acceptors (Lipinski definition) is 5. The summed E-state index contributed by atoms with van der Waals surface area (Å²) >= 11 is 0. The second-order valence-electron chi connectivity index (χ2n) is 6.57. The van der Waals surface area contributed by atoms with Crippen molar-refractivity contribution in [3.8, 4) is 11.5 Å². The van der Waals surface area contributed by atoms with Gasteiger partial charge in [0.25, 0.3) is 0 Å². The summed E-state index contributed by atoms with van der Waals surface area (Å²) in [5, 5.41) is 6.29. The van der Waals surface area contributed by atoms with Crippen LogP contribution in [0.1, 0.15) is 18.1 Å². The SMILES string of the molecule is CCOc1ccccc1NC(=O)C(=O)N/N=C/c1ccc(OCc2cccc(F)c2)cc1. The monoisotopic (exact) mass is 435 g/mol. The number of halogens is 1. The van der Waals surface area contributed by atoms with Gasteiger partial charge in [-0.25, -0.2) is 9.82 Å². The number of carbonyl (C=O) groups excluding carboxylic acids is 2. The smallest absolute Gasteiger partial charge is 0.329 e. The summed E-state index contributed by atoms with van der Waals surface area (Å²) in [4.78, 5) is 24.1. The van der Waals surface area contributed by atoms with Crippen molar-refractivity contribution in [1.82, 2.24) is 5.43 Å². The summed E-state index contributed by atoms with van der Waals surface area (Å²) in [6.07, 6.45) is 1.40. The quantitative estimate of drug-likeness (QED) is 0.319. The Bertz CT molecular complexity index is 1100. The van der Waals surface area contributed by atoms with Gasteiger partial charge in [-0.1, -0.05) is 24.3 Å². The van der Waals surface area contributed by atoms with Gasteiger partial charge in [-0.05, 0) is 66.6 Å². The lowest BCUT2D eigenvalue weighted by Crippen LogP contribution is -2.32. The van der Waals surface area contributed by atoms with Crippen molar-refractivity contribution in [1.29, 1.82) is 0 Å². The molecule has 3 aromatic rings. The zero-order chi connectivity index (χ0) is 22.8. The van der Waals surface area contributed by atoms with Gasteiger partial charge in [-0.3, -0.25) is 9.59 Å². The number of amides is 2. The average molecular weight is 435 g/mol. The van der Waals surface area contributed by atoms with E-state index in [0.717, 1.165) is 5.56 Å². The third kappa shape index (κ3) is 6.66. The predicted molar refractivity (Wildman–Crippen MR) is 119 cm³/mol. The van der Waals surface area contributed by atoms with E-state index in [4.69, 9.17) is 9.47 Å². The van der Waals surface area contributed by atoms with E-state index >= 15 is 0 Å². The minimum Gasteiger partial charge on any atom is -0.492 e. The molecule has 2 amide bonds. The van der Waals surface area contributed by atoms with E-state index in [-0.39, 0.29) is 12.4 Å². The summed E-state index contributed by atoms with van der Waals surface area (Å²) in [7, 11) is 0. The van der Waals surface area contributed by atoms with Crippen LogP contribution in [0.15, 0.2) is 77.9 Å². The van der Waals surface area contributed by atoms with Gasteiger partial charge in [0, 0.05) is 0 Å². The molecule has 0 fully saturated rings. The minimum absolute atomic E-state index is 0.239. The van der Waals surface area contributed by atoms with Gasteiger partial charge in [0.2, 0.25) is 0 Å². The maximum Gasteiger partial charge on any atom is 0.329 e. The van der Waals surface area contributed by atoms with E-state index in [0.29, 0.717) is 29.4 Å². The second-order valence-corrected chi connectivity index (χ2v) is 6.57. The Morgan fingerprint density at radius 2 is 1.75 bits per heavy atom. The van der Waals surface area contributed by atoms with Crippen LogP contribution in [0.2, 0.25) is 0 Å². The highest BCUT2D eigenvalue weighted by Crippen LogP contribution is 2.23. The minimum atomic E-state index is -0.914. The van der Waals surface area contributed by atoms with Crippen molar-refractivity contribution in [2.45, 2.75) is 13.5 Å². The number of benzene rings is 3. The van der Waals surface area contributed by atoms with E-state index in [1.807, 2.05) is 6.92 Å². The number of ether oxygens (including phenoxy) is 2. The predicted octanol–water partition coefficient (Wildman–Crippen LogP) is 3.89. The molecule has 0 aliphatic heterocycles. The highest BCUT2D eigenvalue weighted by Gasteiger charge is 2.15. The van der Waals surface area contributed by atoms with E-state index in [1.165, 1.54) is 18.3 Å². The molecule has 0 spiro atoms. The standard InChI is InChI=1S/C24H22FN3O4/c1-2-31-22-9-4-3-8-21(22)27-23(29)24(30)28-26-15-17-10-12-20(13-11-17)32-16-18-6-5-7-19(25)14-18/h3-15H,2,16H2,1H3,(H,27,29)(H,28,30)/b26-15+. The molecule has 0 aliphatic rings. The summed E-state index contributed by atoms with van der Waals surface area (Å²) in [5.41, 5.74) is 3.98. The molecule has 0 heterocycles. The number of para-hydroxylation sites is 2. The Kier molecular flexibility index (Phi) is 7.91. The number of anilines is 1. The fourth-order valence-corrected chi connectivity index (χ4v) is 2.69. The van der Waals surface area contributed by atoms with Gasteiger partial charge in [0.05, 0.1) is 18.5 Å². The van der Waals surface area contributed by atoms with Gasteiger partial charge < -0.3 is 14.8 Å². The first kappa shape index (κ1) is 22.5. The first-order valence-electron chi connectivity index (χ1n) is 9.88. The average Bonchev–Trinajstić information content (AvgIpc) is 2.80. The largest absolute Gasteiger partial charge is 0.492 e. The maximum absolute atomic E-state index is 13.2. The normalized spacial score (nSPS) is 10.6. The van der Waals surface area contributed by atoms with Gasteiger partial charge in [0.15, 0.2) is 0 Å². The zero-order valence-electron chi connectivity index (χ0n) is 17.4. The number of nitrogens with one attached hydrogen (secondary N) is 2. The summed E-state index contributed by atoms with van der Waals surface area (Å²) < 4.78 is 24.2. The molecule has 2 N–H and O–H groups in total. The Morgan fingerprint density at radius 1 is 0.969 bits per heavy atom. The van der Waals surface area contributed by atoms with E-state index in [2.05, 4.69) is 15.8 Å². The van der Waals surface area contributed by atoms with Crippen molar-refractivity contribution < 1.29 is 23.5 Å². The lowest BCUT2D eigenvalue weighted by molar-refractivity contribution is -0.136. The first-order valence-corrected chi connectivity index (χ1v) is 9.88. The fourth-order valence-electron chi connectivity index (χ4n) is 2.69. The second kappa shape index (κ2) is 11.3. The van der Waals surface area contributed by atoms with Crippen molar-refractivity contribution in [2.75, 3.05) is 11.9 Å². The van der Waals surface area contributed by atoms with Crippen LogP contribution < -0.4 is 20.2 Å². The van der Waals surface area contributed by atoms with Crippen LogP contribution in [-0.2, 0) is 16.2 Å². The molecule has 0 radical (unpaired) electrons. The van der Waals surface area contributed by atoms with Gasteiger partial charge in [0.1, 0.15) is 23.9 Å². The highest BCUT2D eigenvalue weighted by atomic mass is 19.1. The molecule has 0 unspecified atom stereocenters. The lowest BCUT2D eigenvalue weighted by Gasteiger charge is -2.10. The van der Waals surface area contributed by atoms with Crippen LogP contribution in [0.3, 0.4) is 0 Å². The molecule has 32 heavy (non-hydrogen) atoms. The van der Waals surface area contributed by atoms with Crippen molar-refractivity contribution >= 4 is 23.7 Å². The third-order valence-corrected chi connectivity index (χ3v) is 4.20. The molecular weight excluding hydrogens is 413 g/mol. The lowest BCUT2D eigenvalue weighted by atomic mass is 10.2. The molecule has 7 nitrogen and oxygen atoms in total. The summed E-state index contributed by atoms with van der Waals surface area (Å²) in [5.74, 6) is -1.02. The fraction of sp³-hybridized carbons (Fsp3) is 0.125. The van der Waals surface area contributed by atoms with E-state index in [9.17, 15) is 14.0 Å². The van der Waals surface area contributed by atoms with Crippen molar-refractivity contribution in [3.05, 3.63) is 89.7 Å². The van der Waals surface area contributed by atoms with Gasteiger partial charge in [-0.2, -0.15) is 5.10 Å². The molecule has 0 aromatic heterocycles. The number of carbonyl (C=O) groups is 2. The van der Waals surface area contributed by atoms with Crippen molar-refractivity contribution in [2.24, 2.45) is 5.10 Å². The molecule has 0 atom stereocenters. The van der Waals surface area contributed by atoms with E-state index < -0.39 is 11.8 Å². The third-order valence-electron chi connectivity index (χ3n) is 4.20. The van der Waals surface area contributed by atoms with Crippen LogP contribution in [0.5, 0.6) is 11.5 Å². The Labute approximate surface area is 184 Å². The van der Waals surface area contributed by atoms with Gasteiger partial charge >= 0.3 is 11.8 Å². The van der Waals surface area contributed by atoms with Crippen LogP contribution in [0.4, 0.5) is 10.1 Å². The van der Waals surface area contributed by atoms with Crippen LogP contribution in [0, 0.1) is 5.82 Å². The molecule has 0 bridgehead atoms. The first-order chi connectivity index (χ1) is 15.5. The zero-order valence-corrected chi connectivity index (χ0v) is 17.4. The summed E-state index contributed by atoms with van der Waals surface area (Å²) in [6, 6.07) is 19.9. The maximum atomic E-state index is 13.2. The topological polar surface area (TPSA) is 89.0 Å². The van der Waals surface area contributed by atoms with Crippen LogP contribution in [-0.4, -0.2) is 24.6 Å². The molecule has 8 heteroatoms. The Morgan fingerprint density at radius 3 is 2.50 bits per heavy atom. The molecule has 0 aliphatic carbocycles. The molecule has 0 saturated carbocycles. The molecule has 3 aromatic carbocycles. The van der Waals surface area contributed by atoms with E-state index in [1.54, 1.807) is 60.7 Å². The van der Waals surface area contributed by atoms with Crippen LogP contribution in [0.25, 0.3) is 0 Å². The number of hydrogen-bond donors (Lipinski definition) is 2. The molecule has 164 valence electrons. The Hall–Kier alpha value is -4.20. The Balaban J connectivity index is 1.48. The van der Waals surface area contributed by atoms with Gasteiger partial charge in [-0.15, -0.1) is 0 Å². The summed E-state index contributed by atoms with van der Waals surface area (Å²) in [6.45, 7) is 2.49. The number of hydrazone groups is 1. The number of rotatable bonds is 8.